The van der Waals surface area contributed by atoms with Gasteiger partial charge < -0.3 is 14.8 Å². The molecule has 0 saturated carbocycles. The zero-order valence-electron chi connectivity index (χ0n) is 11.9. The molecule has 1 N–H and O–H groups in total. The maximum absolute atomic E-state index is 6.10. The largest absolute Gasteiger partial charge is 0.475 e. The lowest BCUT2D eigenvalue weighted by Gasteiger charge is -2.10. The molecule has 1 aromatic rings. The van der Waals surface area contributed by atoms with Gasteiger partial charge in [-0.15, -0.1) is 0 Å². The third-order valence-corrected chi connectivity index (χ3v) is 2.78. The highest BCUT2D eigenvalue weighted by molar-refractivity contribution is 6.31. The van der Waals surface area contributed by atoms with Gasteiger partial charge in [0.05, 0.1) is 17.7 Å². The molecule has 19 heavy (non-hydrogen) atoms. The molecular formula is C14H23ClN2O2. The fourth-order valence-corrected chi connectivity index (χ4v) is 1.67. The Kier molecular flexibility index (Phi) is 7.79. The first-order chi connectivity index (χ1) is 9.13. The third kappa shape index (κ3) is 6.76. The molecule has 0 fully saturated rings. The van der Waals surface area contributed by atoms with Crippen molar-refractivity contribution in [3.63, 3.8) is 0 Å². The first-order valence-electron chi connectivity index (χ1n) is 6.73. The van der Waals surface area contributed by atoms with Crippen LogP contribution in [0.5, 0.6) is 5.88 Å². The number of pyridine rings is 1. The monoisotopic (exact) mass is 286 g/mol. The Morgan fingerprint density at radius 2 is 2.16 bits per heavy atom. The molecule has 5 heteroatoms. The van der Waals surface area contributed by atoms with Crippen LogP contribution in [0.1, 0.15) is 32.8 Å². The van der Waals surface area contributed by atoms with E-state index < -0.39 is 0 Å². The van der Waals surface area contributed by atoms with Crippen LogP contribution in [-0.2, 0) is 11.3 Å². The summed E-state index contributed by atoms with van der Waals surface area (Å²) < 4.78 is 10.9. The van der Waals surface area contributed by atoms with Gasteiger partial charge in [0.1, 0.15) is 6.61 Å². The summed E-state index contributed by atoms with van der Waals surface area (Å²) in [6, 6.07) is 1.88. The number of nitrogens with one attached hydrogen (secondary N) is 1. The van der Waals surface area contributed by atoms with Crippen LogP contribution in [0, 0.1) is 0 Å². The zero-order valence-corrected chi connectivity index (χ0v) is 12.7. The highest BCUT2D eigenvalue weighted by atomic mass is 35.5. The van der Waals surface area contributed by atoms with Crippen molar-refractivity contribution in [3.05, 3.63) is 22.8 Å². The van der Waals surface area contributed by atoms with Crippen LogP contribution in [0.25, 0.3) is 0 Å². The van der Waals surface area contributed by atoms with Gasteiger partial charge in [-0.3, -0.25) is 0 Å². The van der Waals surface area contributed by atoms with E-state index in [1.165, 1.54) is 0 Å². The Labute approximate surface area is 120 Å². The maximum atomic E-state index is 6.10. The minimum absolute atomic E-state index is 0.218. The molecule has 0 amide bonds. The van der Waals surface area contributed by atoms with Gasteiger partial charge >= 0.3 is 0 Å². The van der Waals surface area contributed by atoms with Crippen LogP contribution in [0.4, 0.5) is 0 Å². The summed E-state index contributed by atoms with van der Waals surface area (Å²) in [6.45, 7) is 8.88. The van der Waals surface area contributed by atoms with Crippen LogP contribution in [0.15, 0.2) is 12.3 Å². The SMILES string of the molecule is CCCNCc1cc(OCCOC(C)C)ncc1Cl. The summed E-state index contributed by atoms with van der Waals surface area (Å²) in [5.74, 6) is 0.588. The fraction of sp³-hybridized carbons (Fsp3) is 0.643. The normalized spacial score (nSPS) is 11.0. The number of nitrogens with zero attached hydrogens (tertiary/aromatic N) is 1. The molecule has 0 unspecified atom stereocenters. The van der Waals surface area contributed by atoms with Crippen molar-refractivity contribution in [1.82, 2.24) is 10.3 Å². The topological polar surface area (TPSA) is 43.4 Å². The molecule has 0 spiro atoms. The van der Waals surface area contributed by atoms with Crippen molar-refractivity contribution in [2.24, 2.45) is 0 Å². The van der Waals surface area contributed by atoms with Crippen molar-refractivity contribution < 1.29 is 9.47 Å². The molecule has 0 aliphatic rings. The molecule has 0 atom stereocenters. The van der Waals surface area contributed by atoms with Gasteiger partial charge in [0.25, 0.3) is 0 Å². The third-order valence-electron chi connectivity index (χ3n) is 2.44. The number of hydrogen-bond donors (Lipinski definition) is 1. The Balaban J connectivity index is 2.43. The van der Waals surface area contributed by atoms with E-state index in [4.69, 9.17) is 21.1 Å². The molecule has 0 aliphatic heterocycles. The maximum Gasteiger partial charge on any atom is 0.213 e. The van der Waals surface area contributed by atoms with E-state index in [-0.39, 0.29) is 6.10 Å². The summed E-state index contributed by atoms with van der Waals surface area (Å²) in [4.78, 5) is 4.15. The van der Waals surface area contributed by atoms with E-state index in [1.807, 2.05) is 19.9 Å². The lowest BCUT2D eigenvalue weighted by Crippen LogP contribution is -2.15. The van der Waals surface area contributed by atoms with Gasteiger partial charge in [-0.05, 0) is 32.4 Å². The molecular weight excluding hydrogens is 264 g/mol. The number of rotatable bonds is 9. The van der Waals surface area contributed by atoms with Crippen LogP contribution >= 0.6 is 11.6 Å². The Hall–Kier alpha value is -0.840. The summed E-state index contributed by atoms with van der Waals surface area (Å²) in [5, 5.41) is 3.97. The van der Waals surface area contributed by atoms with Crippen LogP contribution in [0.3, 0.4) is 0 Å². The zero-order chi connectivity index (χ0) is 14.1. The molecule has 1 heterocycles. The summed E-state index contributed by atoms with van der Waals surface area (Å²) >= 11 is 6.10. The number of halogens is 1. The van der Waals surface area contributed by atoms with Crippen LogP contribution in [0.2, 0.25) is 5.02 Å². The number of aromatic nitrogens is 1. The second-order valence-corrected chi connectivity index (χ2v) is 4.97. The lowest BCUT2D eigenvalue weighted by atomic mass is 10.2. The van der Waals surface area contributed by atoms with Crippen molar-refractivity contribution in [1.29, 1.82) is 0 Å². The Bertz CT molecular complexity index is 372. The summed E-state index contributed by atoms with van der Waals surface area (Å²) in [6.07, 6.45) is 2.94. The molecule has 4 nitrogen and oxygen atoms in total. The average molecular weight is 287 g/mol. The standard InChI is InChI=1S/C14H23ClN2O2/c1-4-5-16-9-12-8-14(17-10-13(12)15)19-7-6-18-11(2)3/h8,10-11,16H,4-7,9H2,1-3H3. The second-order valence-electron chi connectivity index (χ2n) is 4.56. The molecule has 108 valence electrons. The number of hydrogen-bond acceptors (Lipinski definition) is 4. The number of ether oxygens (including phenoxy) is 2. The van der Waals surface area contributed by atoms with Crippen molar-refractivity contribution >= 4 is 11.6 Å². The van der Waals surface area contributed by atoms with E-state index in [2.05, 4.69) is 17.2 Å². The molecule has 0 radical (unpaired) electrons. The van der Waals surface area contributed by atoms with Crippen LogP contribution in [-0.4, -0.2) is 30.8 Å². The molecule has 0 aromatic carbocycles. The van der Waals surface area contributed by atoms with E-state index in [9.17, 15) is 0 Å². The van der Waals surface area contributed by atoms with E-state index >= 15 is 0 Å². The second kappa shape index (κ2) is 9.13. The minimum Gasteiger partial charge on any atom is -0.475 e. The van der Waals surface area contributed by atoms with Gasteiger partial charge in [-0.1, -0.05) is 18.5 Å². The lowest BCUT2D eigenvalue weighted by molar-refractivity contribution is 0.0542. The predicted molar refractivity (Wildman–Crippen MR) is 77.8 cm³/mol. The quantitative estimate of drug-likeness (QED) is 0.709. The first-order valence-corrected chi connectivity index (χ1v) is 7.10. The average Bonchev–Trinajstić information content (AvgIpc) is 2.38. The van der Waals surface area contributed by atoms with E-state index in [0.717, 1.165) is 25.1 Å². The summed E-state index contributed by atoms with van der Waals surface area (Å²) in [7, 11) is 0. The van der Waals surface area contributed by atoms with Gasteiger partial charge in [-0.2, -0.15) is 0 Å². The Morgan fingerprint density at radius 1 is 1.37 bits per heavy atom. The van der Waals surface area contributed by atoms with E-state index in [1.54, 1.807) is 6.20 Å². The molecule has 1 rings (SSSR count). The van der Waals surface area contributed by atoms with Gasteiger partial charge in [0.15, 0.2) is 0 Å². The molecule has 0 saturated heterocycles. The van der Waals surface area contributed by atoms with Crippen molar-refractivity contribution in [2.75, 3.05) is 19.8 Å². The first kappa shape index (κ1) is 16.2. The van der Waals surface area contributed by atoms with Gasteiger partial charge in [0.2, 0.25) is 5.88 Å². The highest BCUT2D eigenvalue weighted by Crippen LogP contribution is 2.19. The Morgan fingerprint density at radius 3 is 2.84 bits per heavy atom. The molecule has 0 aliphatic carbocycles. The van der Waals surface area contributed by atoms with E-state index in [0.29, 0.717) is 24.1 Å². The van der Waals surface area contributed by atoms with Crippen molar-refractivity contribution in [3.8, 4) is 5.88 Å². The van der Waals surface area contributed by atoms with Crippen molar-refractivity contribution in [2.45, 2.75) is 39.8 Å². The predicted octanol–water partition coefficient (Wildman–Crippen LogP) is 3.04. The van der Waals surface area contributed by atoms with Crippen LogP contribution < -0.4 is 10.1 Å². The smallest absolute Gasteiger partial charge is 0.213 e. The highest BCUT2D eigenvalue weighted by Gasteiger charge is 2.04. The summed E-state index contributed by atoms with van der Waals surface area (Å²) in [5.41, 5.74) is 1.00. The van der Waals surface area contributed by atoms with Gasteiger partial charge in [0, 0.05) is 18.8 Å². The fourth-order valence-electron chi connectivity index (χ4n) is 1.50. The molecule has 1 aromatic heterocycles. The molecule has 0 bridgehead atoms. The van der Waals surface area contributed by atoms with Gasteiger partial charge in [-0.25, -0.2) is 4.98 Å². The minimum atomic E-state index is 0.218.